The Morgan fingerprint density at radius 1 is 0.300 bits per heavy atom. The highest BCUT2D eigenvalue weighted by Gasteiger charge is 2.24. The Morgan fingerprint density at radius 3 is 1.24 bits per heavy atom. The molecule has 0 saturated heterocycles. The molecule has 50 heavy (non-hydrogen) atoms. The molecule has 2 N–H and O–H groups in total. The van der Waals surface area contributed by atoms with Gasteiger partial charge in [-0.05, 0) is 79.5 Å². The molecule has 0 unspecified atom stereocenters. The molecule has 0 aliphatic carbocycles. The molecule has 0 aliphatic heterocycles. The topological polar surface area (TPSA) is 29.3 Å². The lowest BCUT2D eigenvalue weighted by molar-refractivity contribution is 1.33. The molecule has 0 aliphatic rings. The fraction of sp³-hybridized carbons (Fsp3) is 0. The number of nitrogens with two attached hydrogens (primary N) is 1. The van der Waals surface area contributed by atoms with Gasteiger partial charge in [-0.25, -0.2) is 0 Å². The van der Waals surface area contributed by atoms with Crippen molar-refractivity contribution in [1.82, 2.24) is 0 Å². The average Bonchev–Trinajstić information content (AvgIpc) is 3.17. The summed E-state index contributed by atoms with van der Waals surface area (Å²) < 4.78 is 0. The van der Waals surface area contributed by atoms with Gasteiger partial charge >= 0.3 is 0 Å². The van der Waals surface area contributed by atoms with E-state index in [0.717, 1.165) is 33.5 Å². The minimum Gasteiger partial charge on any atom is -0.398 e. The monoisotopic (exact) mass is 636 g/mol. The Morgan fingerprint density at radius 2 is 0.680 bits per heavy atom. The fourth-order valence-electron chi connectivity index (χ4n) is 8.15. The zero-order valence-corrected chi connectivity index (χ0v) is 27.3. The number of anilines is 4. The van der Waals surface area contributed by atoms with Crippen molar-refractivity contribution in [3.05, 3.63) is 182 Å². The van der Waals surface area contributed by atoms with Gasteiger partial charge in [0, 0.05) is 38.4 Å². The Balaban J connectivity index is 1.44. The third-order valence-corrected chi connectivity index (χ3v) is 10.3. The summed E-state index contributed by atoms with van der Waals surface area (Å²) in [5.41, 5.74) is 13.5. The molecule has 0 radical (unpaired) electrons. The molecule has 10 aromatic rings. The predicted octanol–water partition coefficient (Wildman–Crippen LogP) is 13.3. The van der Waals surface area contributed by atoms with Gasteiger partial charge in [0.05, 0.1) is 17.1 Å². The molecule has 0 fully saturated rings. The first kappa shape index (κ1) is 28.4. The number of nitrogen functional groups attached to an aromatic ring is 1. The van der Waals surface area contributed by atoms with Crippen molar-refractivity contribution >= 4 is 87.4 Å². The molecular weight excluding hydrogens is 605 g/mol. The second kappa shape index (κ2) is 11.2. The van der Waals surface area contributed by atoms with E-state index in [0.29, 0.717) is 0 Å². The summed E-state index contributed by atoms with van der Waals surface area (Å²) >= 11 is 0. The van der Waals surface area contributed by atoms with Crippen LogP contribution >= 0.6 is 0 Å². The van der Waals surface area contributed by atoms with Crippen LogP contribution in [0.1, 0.15) is 0 Å². The second-order valence-corrected chi connectivity index (χ2v) is 13.1. The van der Waals surface area contributed by atoms with Crippen LogP contribution in [0.15, 0.2) is 182 Å². The molecule has 0 aromatic heterocycles. The van der Waals surface area contributed by atoms with E-state index in [-0.39, 0.29) is 0 Å². The highest BCUT2D eigenvalue weighted by molar-refractivity contribution is 6.28. The van der Waals surface area contributed by atoms with Crippen LogP contribution in [0.4, 0.5) is 22.7 Å². The van der Waals surface area contributed by atoms with Gasteiger partial charge in [0.2, 0.25) is 0 Å². The van der Waals surface area contributed by atoms with Gasteiger partial charge in [-0.2, -0.15) is 0 Å². The Hall–Kier alpha value is -6.64. The summed E-state index contributed by atoms with van der Waals surface area (Å²) in [5.74, 6) is 0. The van der Waals surface area contributed by atoms with E-state index in [1.54, 1.807) is 0 Å². The van der Waals surface area contributed by atoms with Crippen LogP contribution < -0.4 is 10.6 Å². The summed E-state index contributed by atoms with van der Waals surface area (Å²) in [7, 11) is 0. The van der Waals surface area contributed by atoms with Crippen molar-refractivity contribution in [1.29, 1.82) is 0 Å². The lowest BCUT2D eigenvalue weighted by Gasteiger charge is -2.30. The molecule has 10 rings (SSSR count). The first-order valence-corrected chi connectivity index (χ1v) is 17.1. The van der Waals surface area contributed by atoms with E-state index in [1.165, 1.54) is 65.0 Å². The Labute approximate surface area is 290 Å². The van der Waals surface area contributed by atoms with Crippen LogP contribution in [0.25, 0.3) is 75.8 Å². The first-order valence-electron chi connectivity index (χ1n) is 17.1. The maximum absolute atomic E-state index is 6.97. The van der Waals surface area contributed by atoms with E-state index < -0.39 is 0 Å². The number of benzene rings is 10. The maximum Gasteiger partial charge on any atom is 0.0547 e. The second-order valence-electron chi connectivity index (χ2n) is 13.1. The molecule has 0 atom stereocenters. The van der Waals surface area contributed by atoms with Gasteiger partial charge in [-0.1, -0.05) is 146 Å². The normalized spacial score (nSPS) is 11.7. The van der Waals surface area contributed by atoms with Crippen LogP contribution in [-0.2, 0) is 0 Å². The van der Waals surface area contributed by atoms with Crippen molar-refractivity contribution < 1.29 is 0 Å². The predicted molar refractivity (Wildman–Crippen MR) is 216 cm³/mol. The van der Waals surface area contributed by atoms with Crippen LogP contribution in [0.2, 0.25) is 0 Å². The first-order chi connectivity index (χ1) is 24.7. The van der Waals surface area contributed by atoms with Gasteiger partial charge in [-0.15, -0.1) is 0 Å². The Bertz CT molecular complexity index is 2870. The summed E-state index contributed by atoms with van der Waals surface area (Å²) in [6.07, 6.45) is 0. The smallest absolute Gasteiger partial charge is 0.0547 e. The van der Waals surface area contributed by atoms with Gasteiger partial charge in [0.1, 0.15) is 0 Å². The van der Waals surface area contributed by atoms with E-state index in [2.05, 4.69) is 181 Å². The van der Waals surface area contributed by atoms with Crippen molar-refractivity contribution in [2.24, 2.45) is 0 Å². The van der Waals surface area contributed by atoms with Gasteiger partial charge in [-0.3, -0.25) is 0 Å². The van der Waals surface area contributed by atoms with E-state index in [1.807, 2.05) is 6.07 Å². The van der Waals surface area contributed by atoms with E-state index in [4.69, 9.17) is 5.73 Å². The lowest BCUT2D eigenvalue weighted by atomic mass is 9.85. The Kier molecular flexibility index (Phi) is 6.37. The fourth-order valence-corrected chi connectivity index (χ4v) is 8.15. The SMILES string of the molecule is Nc1cccc2cc3ccccc3c(-c3c4ccccc4cc4cccc(N(c5cccc6ccccc56)c5cccc6ccccc56)c34)c12. The van der Waals surface area contributed by atoms with Crippen molar-refractivity contribution in [2.75, 3.05) is 10.6 Å². The standard InChI is InChI=1S/C48H32N2/c49-41-25-9-19-35-29-33-15-3-7-23-39(33)47(45(35)41)48-40-24-8-4-16-34(40)30-36-20-12-28-44(46(36)48)50(42-26-10-17-31-13-1-5-21-37(31)42)43-27-11-18-32-14-2-6-22-38(32)43/h1-30H,49H2. The zero-order valence-electron chi connectivity index (χ0n) is 27.3. The zero-order chi connectivity index (χ0) is 33.2. The van der Waals surface area contributed by atoms with E-state index >= 15 is 0 Å². The van der Waals surface area contributed by atoms with E-state index in [9.17, 15) is 0 Å². The van der Waals surface area contributed by atoms with Crippen LogP contribution in [0.5, 0.6) is 0 Å². The molecule has 234 valence electrons. The molecule has 0 bridgehead atoms. The highest BCUT2D eigenvalue weighted by Crippen LogP contribution is 2.51. The molecule has 2 heteroatoms. The van der Waals surface area contributed by atoms with Crippen LogP contribution in [-0.4, -0.2) is 0 Å². The van der Waals surface area contributed by atoms with Crippen molar-refractivity contribution in [3.63, 3.8) is 0 Å². The number of rotatable bonds is 4. The third kappa shape index (κ3) is 4.29. The van der Waals surface area contributed by atoms with Gasteiger partial charge < -0.3 is 10.6 Å². The third-order valence-electron chi connectivity index (χ3n) is 10.3. The summed E-state index contributed by atoms with van der Waals surface area (Å²) in [6, 6.07) is 65.9. The highest BCUT2D eigenvalue weighted by atomic mass is 15.1. The molecular formula is C48H32N2. The molecule has 0 saturated carbocycles. The summed E-state index contributed by atoms with van der Waals surface area (Å²) in [6.45, 7) is 0. The molecule has 10 aromatic carbocycles. The van der Waals surface area contributed by atoms with Crippen LogP contribution in [0.3, 0.4) is 0 Å². The summed E-state index contributed by atoms with van der Waals surface area (Å²) in [5, 5.41) is 14.2. The maximum atomic E-state index is 6.97. The van der Waals surface area contributed by atoms with Crippen molar-refractivity contribution in [3.8, 4) is 11.1 Å². The van der Waals surface area contributed by atoms with Crippen molar-refractivity contribution in [2.45, 2.75) is 0 Å². The summed E-state index contributed by atoms with van der Waals surface area (Å²) in [4.78, 5) is 2.49. The average molecular weight is 637 g/mol. The van der Waals surface area contributed by atoms with Gasteiger partial charge in [0.25, 0.3) is 0 Å². The quantitative estimate of drug-likeness (QED) is 0.154. The lowest BCUT2D eigenvalue weighted by Crippen LogP contribution is -2.12. The minimum atomic E-state index is 0.779. The van der Waals surface area contributed by atoms with Crippen LogP contribution in [0, 0.1) is 0 Å². The molecule has 0 heterocycles. The largest absolute Gasteiger partial charge is 0.398 e. The minimum absolute atomic E-state index is 0.779. The number of nitrogens with zero attached hydrogens (tertiary/aromatic N) is 1. The number of hydrogen-bond acceptors (Lipinski definition) is 2. The van der Waals surface area contributed by atoms with Gasteiger partial charge in [0.15, 0.2) is 0 Å². The molecule has 2 nitrogen and oxygen atoms in total. The number of hydrogen-bond donors (Lipinski definition) is 1. The molecule has 0 amide bonds. The molecule has 0 spiro atoms. The number of fused-ring (bicyclic) bond motifs is 6.